The monoisotopic (exact) mass is 116 g/mol. The molecule has 1 aliphatic heterocycles. The van der Waals surface area contributed by atoms with Crippen LogP contribution < -0.4 is 0 Å². The van der Waals surface area contributed by atoms with Crippen LogP contribution in [-0.2, 0) is 0 Å². The Labute approximate surface area is 46.0 Å². The highest BCUT2D eigenvalue weighted by molar-refractivity contribution is 8.27. The Kier molecular flexibility index (Phi) is 1.16. The Hall–Kier alpha value is 0.0900. The van der Waals surface area contributed by atoms with Gasteiger partial charge >= 0.3 is 0 Å². The van der Waals surface area contributed by atoms with Crippen LogP contribution in [0.2, 0.25) is 0 Å². The summed E-state index contributed by atoms with van der Waals surface area (Å²) >= 11 is 0. The van der Waals surface area contributed by atoms with Crippen LogP contribution in [-0.4, -0.2) is 23.2 Å². The van der Waals surface area contributed by atoms with Crippen LogP contribution in [0.5, 0.6) is 0 Å². The molecule has 1 aliphatic rings. The summed E-state index contributed by atoms with van der Waals surface area (Å²) < 4.78 is 0. The van der Waals surface area contributed by atoms with Gasteiger partial charge in [0.2, 0.25) is 0 Å². The topological polar surface area (TPSA) is 0 Å². The van der Waals surface area contributed by atoms with Gasteiger partial charge in [-0.2, -0.15) is 0 Å². The molecular weight excluding hydrogens is 104 g/mol. The predicted molar refractivity (Wildman–Crippen MR) is 40.8 cm³/mol. The van der Waals surface area contributed by atoms with E-state index in [1.165, 1.54) is 24.3 Å². The van der Waals surface area contributed by atoms with E-state index in [4.69, 9.17) is 0 Å². The molecule has 0 radical (unpaired) electrons. The maximum atomic E-state index is 4.04. The third-order valence-electron chi connectivity index (χ3n) is 1.40. The summed E-state index contributed by atoms with van der Waals surface area (Å²) in [6.45, 7) is 0. The SMILES string of the molecule is C=S1(=C)CCCC1. The highest BCUT2D eigenvalue weighted by Gasteiger charge is 2.04. The highest BCUT2D eigenvalue weighted by Crippen LogP contribution is 2.29. The molecule has 0 aliphatic carbocycles. The van der Waals surface area contributed by atoms with E-state index in [1.807, 2.05) is 0 Å². The van der Waals surface area contributed by atoms with Crippen molar-refractivity contribution < 1.29 is 0 Å². The predicted octanol–water partition coefficient (Wildman–Crippen LogP) is 1.45. The Bertz CT molecular complexity index is 128. The molecule has 0 atom stereocenters. The molecule has 0 aromatic rings. The van der Waals surface area contributed by atoms with Crippen LogP contribution in [0.25, 0.3) is 0 Å². The molecule has 1 fully saturated rings. The first-order valence-electron chi connectivity index (χ1n) is 2.65. The van der Waals surface area contributed by atoms with E-state index < -0.39 is 9.21 Å². The molecular formula is C6H12S. The third kappa shape index (κ3) is 1.23. The molecule has 0 nitrogen and oxygen atoms in total. The van der Waals surface area contributed by atoms with Gasteiger partial charge in [0.25, 0.3) is 0 Å². The average Bonchev–Trinajstić information content (AvgIpc) is 1.84. The summed E-state index contributed by atoms with van der Waals surface area (Å²) in [6.07, 6.45) is 2.75. The lowest BCUT2D eigenvalue weighted by Gasteiger charge is -1.98. The quantitative estimate of drug-likeness (QED) is 0.420. The van der Waals surface area contributed by atoms with Crippen LogP contribution in [0, 0.1) is 0 Å². The van der Waals surface area contributed by atoms with Crippen molar-refractivity contribution in [3.63, 3.8) is 0 Å². The van der Waals surface area contributed by atoms with E-state index >= 15 is 0 Å². The van der Waals surface area contributed by atoms with Crippen molar-refractivity contribution in [1.29, 1.82) is 0 Å². The van der Waals surface area contributed by atoms with Gasteiger partial charge in [-0.05, 0) is 24.3 Å². The lowest BCUT2D eigenvalue weighted by molar-refractivity contribution is 0.949. The molecule has 1 saturated heterocycles. The molecule has 1 heterocycles. The summed E-state index contributed by atoms with van der Waals surface area (Å²) in [7, 11) is -0.546. The van der Waals surface area contributed by atoms with E-state index in [1.54, 1.807) is 0 Å². The molecule has 0 spiro atoms. The van der Waals surface area contributed by atoms with Crippen LogP contribution >= 0.6 is 9.21 Å². The zero-order valence-electron chi connectivity index (χ0n) is 4.65. The van der Waals surface area contributed by atoms with Crippen molar-refractivity contribution in [2.75, 3.05) is 11.5 Å². The van der Waals surface area contributed by atoms with Gasteiger partial charge < -0.3 is 0 Å². The van der Waals surface area contributed by atoms with E-state index in [9.17, 15) is 0 Å². The molecule has 1 rings (SSSR count). The molecule has 0 bridgehead atoms. The Morgan fingerprint density at radius 2 is 1.43 bits per heavy atom. The first-order chi connectivity index (χ1) is 3.21. The van der Waals surface area contributed by atoms with Crippen molar-refractivity contribution in [1.82, 2.24) is 0 Å². The van der Waals surface area contributed by atoms with E-state index in [0.29, 0.717) is 0 Å². The summed E-state index contributed by atoms with van der Waals surface area (Å²) in [6, 6.07) is 0. The minimum Gasteiger partial charge on any atom is -0.214 e. The number of hydrogen-bond acceptors (Lipinski definition) is 0. The minimum absolute atomic E-state index is 0.546. The smallest absolute Gasteiger partial charge is 0.0169 e. The van der Waals surface area contributed by atoms with Gasteiger partial charge in [-0.15, -0.1) is 0 Å². The van der Waals surface area contributed by atoms with Crippen molar-refractivity contribution >= 4 is 20.9 Å². The fourth-order valence-electron chi connectivity index (χ4n) is 0.919. The third-order valence-corrected chi connectivity index (χ3v) is 3.71. The fraction of sp³-hybridized carbons (Fsp3) is 0.667. The largest absolute Gasteiger partial charge is 0.214 e. The second kappa shape index (κ2) is 1.55. The van der Waals surface area contributed by atoms with E-state index in [2.05, 4.69) is 11.7 Å². The van der Waals surface area contributed by atoms with Gasteiger partial charge in [0.1, 0.15) is 0 Å². The molecule has 0 aromatic carbocycles. The molecule has 0 unspecified atom stereocenters. The van der Waals surface area contributed by atoms with Crippen molar-refractivity contribution in [3.05, 3.63) is 0 Å². The van der Waals surface area contributed by atoms with Gasteiger partial charge in [-0.25, -0.2) is 9.21 Å². The molecule has 42 valence electrons. The Morgan fingerprint density at radius 1 is 1.00 bits per heavy atom. The molecule has 0 saturated carbocycles. The lowest BCUT2D eigenvalue weighted by Crippen LogP contribution is -1.73. The normalized spacial score (nSPS) is 28.0. The molecule has 0 aromatic heterocycles. The maximum absolute atomic E-state index is 4.04. The van der Waals surface area contributed by atoms with Gasteiger partial charge in [-0.1, -0.05) is 11.7 Å². The van der Waals surface area contributed by atoms with E-state index in [-0.39, 0.29) is 0 Å². The first kappa shape index (κ1) is 5.23. The van der Waals surface area contributed by atoms with Crippen LogP contribution in [0.4, 0.5) is 0 Å². The van der Waals surface area contributed by atoms with Crippen LogP contribution in [0.1, 0.15) is 12.8 Å². The average molecular weight is 116 g/mol. The number of hydrogen-bond donors (Lipinski definition) is 0. The summed E-state index contributed by atoms with van der Waals surface area (Å²) in [5.41, 5.74) is 0. The molecule has 7 heavy (non-hydrogen) atoms. The van der Waals surface area contributed by atoms with Gasteiger partial charge in [-0.3, -0.25) is 0 Å². The lowest BCUT2D eigenvalue weighted by atomic mass is 10.4. The van der Waals surface area contributed by atoms with Crippen molar-refractivity contribution in [2.45, 2.75) is 12.8 Å². The van der Waals surface area contributed by atoms with Crippen molar-refractivity contribution in [2.24, 2.45) is 0 Å². The second-order valence-corrected chi connectivity index (χ2v) is 5.61. The van der Waals surface area contributed by atoms with Gasteiger partial charge in [0.15, 0.2) is 0 Å². The summed E-state index contributed by atoms with van der Waals surface area (Å²) in [5, 5.41) is 0. The molecule has 1 heteroatoms. The second-order valence-electron chi connectivity index (χ2n) is 2.34. The summed E-state index contributed by atoms with van der Waals surface area (Å²) in [5.74, 6) is 10.7. The standard InChI is InChI=1S/C6H12S/c1-7(2)5-3-4-6-7/h1-6H2. The maximum Gasteiger partial charge on any atom is -0.0169 e. The van der Waals surface area contributed by atoms with E-state index in [0.717, 1.165) is 0 Å². The zero-order chi connectivity index (χ0) is 5.33. The highest BCUT2D eigenvalue weighted by atomic mass is 32.2. The Morgan fingerprint density at radius 3 is 1.57 bits per heavy atom. The van der Waals surface area contributed by atoms with Gasteiger partial charge in [0.05, 0.1) is 0 Å². The molecule has 0 N–H and O–H groups in total. The van der Waals surface area contributed by atoms with Crippen molar-refractivity contribution in [3.8, 4) is 0 Å². The summed E-state index contributed by atoms with van der Waals surface area (Å²) in [4.78, 5) is 0. The van der Waals surface area contributed by atoms with Crippen LogP contribution in [0.3, 0.4) is 0 Å². The van der Waals surface area contributed by atoms with Crippen LogP contribution in [0.15, 0.2) is 0 Å². The minimum atomic E-state index is -0.546. The number of rotatable bonds is 0. The fourth-order valence-corrected chi connectivity index (χ4v) is 2.76. The molecule has 0 amide bonds. The first-order valence-corrected chi connectivity index (χ1v) is 4.96. The van der Waals surface area contributed by atoms with Gasteiger partial charge in [0, 0.05) is 0 Å². The zero-order valence-corrected chi connectivity index (χ0v) is 5.47. The Balaban J connectivity index is 2.76.